The van der Waals surface area contributed by atoms with E-state index in [0.29, 0.717) is 12.6 Å². The monoisotopic (exact) mass is 246 g/mol. The number of methoxy groups -OCH3 is 1. The smallest absolute Gasteiger partial charge is 0.119 e. The Bertz CT molecular complexity index is 444. The van der Waals surface area contributed by atoms with Crippen LogP contribution < -0.4 is 10.5 Å². The van der Waals surface area contributed by atoms with Crippen molar-refractivity contribution < 1.29 is 4.74 Å². The number of benzene rings is 1. The number of ether oxygens (including phenoxy) is 1. The highest BCUT2D eigenvalue weighted by atomic mass is 16.5. The Morgan fingerprint density at radius 3 is 2.67 bits per heavy atom. The number of nitrogens with zero attached hydrogens (tertiary/aromatic N) is 1. The largest absolute Gasteiger partial charge is 0.497 e. The molecule has 0 spiro atoms. The summed E-state index contributed by atoms with van der Waals surface area (Å²) in [5.74, 6) is 6.88. The highest BCUT2D eigenvalue weighted by Gasteiger charge is 2.08. The lowest BCUT2D eigenvalue weighted by atomic mass is 10.1. The molecule has 0 unspecified atom stereocenters. The Balaban J connectivity index is 3.03. The maximum absolute atomic E-state index is 5.42. The third-order valence-corrected chi connectivity index (χ3v) is 2.94. The van der Waals surface area contributed by atoms with Crippen molar-refractivity contribution in [2.75, 3.05) is 20.7 Å². The minimum Gasteiger partial charge on any atom is -0.497 e. The Labute approximate surface area is 110 Å². The van der Waals surface area contributed by atoms with Crippen LogP contribution in [0, 0.1) is 11.8 Å². The van der Waals surface area contributed by atoms with Gasteiger partial charge in [-0.05, 0) is 44.7 Å². The van der Waals surface area contributed by atoms with Crippen LogP contribution >= 0.6 is 0 Å². The van der Waals surface area contributed by atoms with Gasteiger partial charge in [-0.3, -0.25) is 4.90 Å². The summed E-state index contributed by atoms with van der Waals surface area (Å²) in [7, 11) is 3.78. The average molecular weight is 246 g/mol. The quantitative estimate of drug-likeness (QED) is 0.824. The second-order valence-electron chi connectivity index (χ2n) is 4.54. The van der Waals surface area contributed by atoms with Gasteiger partial charge in [-0.25, -0.2) is 0 Å². The molecule has 0 aromatic heterocycles. The number of rotatable bonds is 4. The fourth-order valence-corrected chi connectivity index (χ4v) is 1.55. The predicted octanol–water partition coefficient (Wildman–Crippen LogP) is 1.85. The van der Waals surface area contributed by atoms with E-state index in [9.17, 15) is 0 Å². The summed E-state index contributed by atoms with van der Waals surface area (Å²) in [5, 5.41) is 0. The van der Waals surface area contributed by atoms with Crippen molar-refractivity contribution in [2.24, 2.45) is 5.73 Å². The van der Waals surface area contributed by atoms with E-state index in [1.807, 2.05) is 18.2 Å². The average Bonchev–Trinajstić information content (AvgIpc) is 2.36. The third-order valence-electron chi connectivity index (χ3n) is 2.94. The normalized spacial score (nSPS) is 10.4. The Morgan fingerprint density at radius 1 is 1.39 bits per heavy atom. The molecule has 0 radical (unpaired) electrons. The first-order valence-electron chi connectivity index (χ1n) is 6.14. The Kier molecular flexibility index (Phi) is 5.70. The molecule has 0 aliphatic carbocycles. The van der Waals surface area contributed by atoms with Crippen LogP contribution in [0.4, 0.5) is 0 Å². The van der Waals surface area contributed by atoms with E-state index in [2.05, 4.69) is 37.6 Å². The molecule has 3 nitrogen and oxygen atoms in total. The number of nitrogens with two attached hydrogens (primary N) is 1. The lowest BCUT2D eigenvalue weighted by Gasteiger charge is -2.22. The zero-order valence-electron chi connectivity index (χ0n) is 11.7. The standard InChI is InChI=1S/C15H22N2O/c1-12(2)17(3)11-14-10-15(18-4)8-7-13(14)6-5-9-16/h7-8,10,12H,9,11,16H2,1-4H3. The lowest BCUT2D eigenvalue weighted by Crippen LogP contribution is -2.26. The molecule has 2 N–H and O–H groups in total. The van der Waals surface area contributed by atoms with Gasteiger partial charge in [-0.2, -0.15) is 0 Å². The van der Waals surface area contributed by atoms with E-state index in [4.69, 9.17) is 10.5 Å². The molecule has 0 atom stereocenters. The predicted molar refractivity (Wildman–Crippen MR) is 75.5 cm³/mol. The molecule has 0 aliphatic heterocycles. The van der Waals surface area contributed by atoms with E-state index in [1.54, 1.807) is 7.11 Å². The van der Waals surface area contributed by atoms with Crippen LogP contribution in [0.25, 0.3) is 0 Å². The second-order valence-corrected chi connectivity index (χ2v) is 4.54. The highest BCUT2D eigenvalue weighted by Crippen LogP contribution is 2.19. The summed E-state index contributed by atoms with van der Waals surface area (Å²) >= 11 is 0. The summed E-state index contributed by atoms with van der Waals surface area (Å²) in [6, 6.07) is 6.45. The van der Waals surface area contributed by atoms with Gasteiger partial charge in [-0.1, -0.05) is 11.8 Å². The molecule has 3 heteroatoms. The van der Waals surface area contributed by atoms with Crippen LogP contribution in [0.3, 0.4) is 0 Å². The van der Waals surface area contributed by atoms with Gasteiger partial charge < -0.3 is 10.5 Å². The van der Waals surface area contributed by atoms with E-state index in [1.165, 1.54) is 5.56 Å². The fraction of sp³-hybridized carbons (Fsp3) is 0.467. The minimum atomic E-state index is 0.380. The Hall–Kier alpha value is -1.50. The Morgan fingerprint density at radius 2 is 2.11 bits per heavy atom. The minimum absolute atomic E-state index is 0.380. The summed E-state index contributed by atoms with van der Waals surface area (Å²) in [6.07, 6.45) is 0. The molecule has 0 fully saturated rings. The van der Waals surface area contributed by atoms with Crippen LogP contribution in [0.5, 0.6) is 5.75 Å². The van der Waals surface area contributed by atoms with Crippen LogP contribution in [0.1, 0.15) is 25.0 Å². The van der Waals surface area contributed by atoms with E-state index in [0.717, 1.165) is 17.9 Å². The van der Waals surface area contributed by atoms with Crippen molar-refractivity contribution in [3.05, 3.63) is 29.3 Å². The number of hydrogen-bond donors (Lipinski definition) is 1. The van der Waals surface area contributed by atoms with E-state index < -0.39 is 0 Å². The van der Waals surface area contributed by atoms with E-state index in [-0.39, 0.29) is 0 Å². The first kappa shape index (κ1) is 14.6. The van der Waals surface area contributed by atoms with Crippen LogP contribution in [-0.2, 0) is 6.54 Å². The molecule has 1 aromatic rings. The zero-order valence-corrected chi connectivity index (χ0v) is 11.7. The maximum Gasteiger partial charge on any atom is 0.119 e. The first-order chi connectivity index (χ1) is 8.58. The summed E-state index contributed by atoms with van der Waals surface area (Å²) in [5.41, 5.74) is 7.62. The molecule has 0 amide bonds. The zero-order chi connectivity index (χ0) is 13.5. The molecule has 0 saturated heterocycles. The molecule has 1 aromatic carbocycles. The summed E-state index contributed by atoms with van der Waals surface area (Å²) in [4.78, 5) is 2.27. The maximum atomic E-state index is 5.42. The van der Waals surface area contributed by atoms with Crippen LogP contribution in [0.2, 0.25) is 0 Å². The van der Waals surface area contributed by atoms with Crippen molar-refractivity contribution >= 4 is 0 Å². The second kappa shape index (κ2) is 7.05. The van der Waals surface area contributed by atoms with Crippen molar-refractivity contribution in [1.82, 2.24) is 4.90 Å². The molecule has 0 saturated carbocycles. The third kappa shape index (κ3) is 4.06. The molecular formula is C15H22N2O. The van der Waals surface area contributed by atoms with Gasteiger partial charge in [-0.15, -0.1) is 0 Å². The summed E-state index contributed by atoms with van der Waals surface area (Å²) in [6.45, 7) is 5.58. The van der Waals surface area contributed by atoms with Crippen molar-refractivity contribution in [2.45, 2.75) is 26.4 Å². The van der Waals surface area contributed by atoms with Crippen molar-refractivity contribution in [1.29, 1.82) is 0 Å². The first-order valence-corrected chi connectivity index (χ1v) is 6.14. The van der Waals surface area contributed by atoms with Crippen molar-refractivity contribution in [3.63, 3.8) is 0 Å². The highest BCUT2D eigenvalue weighted by molar-refractivity contribution is 5.45. The van der Waals surface area contributed by atoms with Crippen molar-refractivity contribution in [3.8, 4) is 17.6 Å². The van der Waals surface area contributed by atoms with Gasteiger partial charge in [0.1, 0.15) is 5.75 Å². The molecule has 1 rings (SSSR count). The van der Waals surface area contributed by atoms with Gasteiger partial charge in [0.05, 0.1) is 13.7 Å². The molecular weight excluding hydrogens is 224 g/mol. The molecule has 0 aliphatic rings. The molecule has 18 heavy (non-hydrogen) atoms. The van der Waals surface area contributed by atoms with Gasteiger partial charge in [0.25, 0.3) is 0 Å². The molecule has 0 bridgehead atoms. The van der Waals surface area contributed by atoms with E-state index >= 15 is 0 Å². The van der Waals surface area contributed by atoms with Gasteiger partial charge in [0, 0.05) is 18.2 Å². The topological polar surface area (TPSA) is 38.5 Å². The summed E-state index contributed by atoms with van der Waals surface area (Å²) < 4.78 is 5.26. The van der Waals surface area contributed by atoms with Crippen LogP contribution in [0.15, 0.2) is 18.2 Å². The van der Waals surface area contributed by atoms with Crippen LogP contribution in [-0.4, -0.2) is 31.6 Å². The fourth-order valence-electron chi connectivity index (χ4n) is 1.55. The lowest BCUT2D eigenvalue weighted by molar-refractivity contribution is 0.265. The molecule has 0 heterocycles. The van der Waals surface area contributed by atoms with Gasteiger partial charge in [0.2, 0.25) is 0 Å². The van der Waals surface area contributed by atoms with Gasteiger partial charge in [0.15, 0.2) is 0 Å². The number of hydrogen-bond acceptors (Lipinski definition) is 3. The van der Waals surface area contributed by atoms with Gasteiger partial charge >= 0.3 is 0 Å². The molecule has 98 valence electrons. The SMILES string of the molecule is COc1ccc(C#CCN)c(CN(C)C(C)C)c1.